The summed E-state index contributed by atoms with van der Waals surface area (Å²) in [6.45, 7) is 1.69. The fourth-order valence-electron chi connectivity index (χ4n) is 1.48. The molecule has 9 nitrogen and oxygen atoms in total. The second-order valence-corrected chi connectivity index (χ2v) is 3.59. The molecule has 0 radical (unpaired) electrons. The lowest BCUT2D eigenvalue weighted by molar-refractivity contribution is -0.391. The fourth-order valence-corrected chi connectivity index (χ4v) is 1.48. The van der Waals surface area contributed by atoms with Crippen molar-refractivity contribution in [3.63, 3.8) is 0 Å². The van der Waals surface area contributed by atoms with Gasteiger partial charge in [0.2, 0.25) is 5.95 Å². The van der Waals surface area contributed by atoms with E-state index in [9.17, 15) is 14.9 Å². The van der Waals surface area contributed by atoms with Crippen LogP contribution in [0, 0.1) is 17.0 Å². The van der Waals surface area contributed by atoms with Gasteiger partial charge in [-0.1, -0.05) is 0 Å². The van der Waals surface area contributed by atoms with Crippen LogP contribution in [0.5, 0.6) is 0 Å². The summed E-state index contributed by atoms with van der Waals surface area (Å²) in [5.41, 5.74) is 0.157. The third-order valence-electron chi connectivity index (χ3n) is 2.34. The van der Waals surface area contributed by atoms with Crippen molar-refractivity contribution in [3.05, 3.63) is 33.8 Å². The number of anilines is 1. The van der Waals surface area contributed by atoms with E-state index < -0.39 is 10.8 Å². The minimum Gasteiger partial charge on any atom is -0.358 e. The van der Waals surface area contributed by atoms with Gasteiger partial charge in [-0.25, -0.2) is 4.57 Å². The van der Waals surface area contributed by atoms with Crippen molar-refractivity contribution in [2.24, 2.45) is 7.05 Å². The van der Waals surface area contributed by atoms with Gasteiger partial charge >= 0.3 is 5.82 Å². The summed E-state index contributed by atoms with van der Waals surface area (Å²) < 4.78 is 1.19. The predicted octanol–water partition coefficient (Wildman–Crippen LogP) is 0.612. The number of nitrogens with one attached hydrogen (secondary N) is 2. The number of carbonyl (C=O) groups excluding carboxylic acids is 1. The summed E-state index contributed by atoms with van der Waals surface area (Å²) in [6, 6.07) is 2.63. The molecule has 9 heteroatoms. The van der Waals surface area contributed by atoms with E-state index in [2.05, 4.69) is 20.5 Å². The highest BCUT2D eigenvalue weighted by molar-refractivity contribution is 6.02. The number of nitrogens with zero attached hydrogens (tertiary/aromatic N) is 4. The van der Waals surface area contributed by atoms with Gasteiger partial charge in [0, 0.05) is 6.07 Å². The molecule has 0 unspecified atom stereocenters. The number of aromatic amines is 1. The lowest BCUT2D eigenvalue weighted by atomic mass is 10.4. The van der Waals surface area contributed by atoms with Crippen LogP contribution in [0.3, 0.4) is 0 Å². The first-order valence-electron chi connectivity index (χ1n) is 4.99. The minimum absolute atomic E-state index is 0.126. The topological polar surface area (TPSA) is 119 Å². The number of aromatic nitrogens is 4. The van der Waals surface area contributed by atoms with Crippen molar-refractivity contribution in [1.29, 1.82) is 0 Å². The number of hydrogen-bond donors (Lipinski definition) is 2. The van der Waals surface area contributed by atoms with Gasteiger partial charge in [-0.2, -0.15) is 4.98 Å². The van der Waals surface area contributed by atoms with Crippen LogP contribution in [0.4, 0.5) is 11.8 Å². The number of rotatable bonds is 3. The van der Waals surface area contributed by atoms with Crippen LogP contribution >= 0.6 is 0 Å². The lowest BCUT2D eigenvalue weighted by Gasteiger charge is -2.00. The van der Waals surface area contributed by atoms with Crippen LogP contribution in [0.2, 0.25) is 0 Å². The molecule has 2 heterocycles. The zero-order valence-corrected chi connectivity index (χ0v) is 9.67. The van der Waals surface area contributed by atoms with Crippen LogP contribution in [0.1, 0.15) is 16.3 Å². The molecule has 1 amide bonds. The van der Waals surface area contributed by atoms with Gasteiger partial charge < -0.3 is 10.1 Å². The first-order valence-corrected chi connectivity index (χ1v) is 4.99. The molecule has 0 aliphatic heterocycles. The molecule has 2 rings (SSSR count). The maximum Gasteiger partial charge on any atom is 0.323 e. The molecular formula is C9H10N6O3. The number of nitro groups is 1. The molecule has 0 saturated heterocycles. The van der Waals surface area contributed by atoms with Gasteiger partial charge in [-0.05, 0) is 17.9 Å². The van der Waals surface area contributed by atoms with Gasteiger partial charge in [0.05, 0.1) is 7.05 Å². The van der Waals surface area contributed by atoms with Crippen LogP contribution in [0.15, 0.2) is 12.1 Å². The molecule has 2 N–H and O–H groups in total. The van der Waals surface area contributed by atoms with Gasteiger partial charge in [-0.3, -0.25) is 15.2 Å². The van der Waals surface area contributed by atoms with Crippen molar-refractivity contribution in [2.75, 3.05) is 5.32 Å². The van der Waals surface area contributed by atoms with Crippen LogP contribution < -0.4 is 5.32 Å². The average molecular weight is 250 g/mol. The van der Waals surface area contributed by atoms with E-state index in [0.29, 0.717) is 5.82 Å². The molecule has 0 fully saturated rings. The molecule has 0 aromatic carbocycles. The molecule has 0 aliphatic rings. The second-order valence-electron chi connectivity index (χ2n) is 3.59. The first-order chi connectivity index (χ1) is 8.49. The summed E-state index contributed by atoms with van der Waals surface area (Å²) >= 11 is 0. The molecule has 94 valence electrons. The highest BCUT2D eigenvalue weighted by atomic mass is 16.6. The SMILES string of the molecule is Cc1nc(NC(=O)c2ccc([N+](=O)[O-])n2C)n[nH]1. The first kappa shape index (κ1) is 11.8. The summed E-state index contributed by atoms with van der Waals surface area (Å²) in [4.78, 5) is 25.8. The Morgan fingerprint density at radius 2 is 2.28 bits per heavy atom. The van der Waals surface area contributed by atoms with Gasteiger partial charge in [0.25, 0.3) is 5.91 Å². The smallest absolute Gasteiger partial charge is 0.323 e. The highest BCUT2D eigenvalue weighted by Gasteiger charge is 2.21. The van der Waals surface area contributed by atoms with Crippen molar-refractivity contribution >= 4 is 17.7 Å². The molecule has 0 atom stereocenters. The Kier molecular flexibility index (Phi) is 2.80. The van der Waals surface area contributed by atoms with Crippen molar-refractivity contribution < 1.29 is 9.72 Å². The molecule has 0 saturated carbocycles. The molecule has 2 aromatic heterocycles. The fraction of sp³-hybridized carbons (Fsp3) is 0.222. The molecule has 0 aliphatic carbocycles. The van der Waals surface area contributed by atoms with Crippen LogP contribution in [0.25, 0.3) is 0 Å². The van der Waals surface area contributed by atoms with Crippen molar-refractivity contribution in [2.45, 2.75) is 6.92 Å². The molecule has 2 aromatic rings. The van der Waals surface area contributed by atoms with E-state index in [1.54, 1.807) is 6.92 Å². The van der Waals surface area contributed by atoms with Gasteiger partial charge in [-0.15, -0.1) is 5.10 Å². The standard InChI is InChI=1S/C9H10N6O3/c1-5-10-9(13-12-5)11-8(16)6-3-4-7(14(6)2)15(17)18/h3-4H,1-2H3,(H2,10,11,12,13,16). The Morgan fingerprint density at radius 1 is 1.56 bits per heavy atom. The summed E-state index contributed by atoms with van der Waals surface area (Å²) in [7, 11) is 1.44. The van der Waals surface area contributed by atoms with E-state index in [1.807, 2.05) is 0 Å². The monoisotopic (exact) mass is 250 g/mol. The van der Waals surface area contributed by atoms with E-state index in [1.165, 1.54) is 23.7 Å². The zero-order valence-electron chi connectivity index (χ0n) is 9.67. The molecule has 18 heavy (non-hydrogen) atoms. The van der Waals surface area contributed by atoms with Gasteiger partial charge in [0.1, 0.15) is 5.82 Å². The van der Waals surface area contributed by atoms with Crippen LogP contribution in [-0.4, -0.2) is 30.6 Å². The second kappa shape index (κ2) is 4.28. The third-order valence-corrected chi connectivity index (χ3v) is 2.34. The zero-order chi connectivity index (χ0) is 13.3. The van der Waals surface area contributed by atoms with E-state index in [4.69, 9.17) is 0 Å². The predicted molar refractivity (Wildman–Crippen MR) is 61.1 cm³/mol. The Labute approximate surface area is 101 Å². The minimum atomic E-state index is -0.562. The number of aryl methyl sites for hydroxylation is 1. The van der Waals surface area contributed by atoms with Gasteiger partial charge in [0.15, 0.2) is 5.69 Å². The lowest BCUT2D eigenvalue weighted by Crippen LogP contribution is -2.17. The van der Waals surface area contributed by atoms with E-state index in [-0.39, 0.29) is 17.5 Å². The van der Waals surface area contributed by atoms with E-state index >= 15 is 0 Å². The third kappa shape index (κ3) is 2.05. The van der Waals surface area contributed by atoms with Crippen LogP contribution in [-0.2, 0) is 7.05 Å². The summed E-state index contributed by atoms with van der Waals surface area (Å²) in [6.07, 6.45) is 0. The largest absolute Gasteiger partial charge is 0.358 e. The molecular weight excluding hydrogens is 240 g/mol. The number of amides is 1. The summed E-state index contributed by atoms with van der Waals surface area (Å²) in [5, 5.41) is 19.4. The normalized spacial score (nSPS) is 10.3. The molecule has 0 spiro atoms. The Balaban J connectivity index is 2.22. The quantitative estimate of drug-likeness (QED) is 0.611. The Morgan fingerprint density at radius 3 is 2.78 bits per heavy atom. The average Bonchev–Trinajstić information content (AvgIpc) is 2.85. The Hall–Kier alpha value is -2.71. The maximum atomic E-state index is 11.8. The number of H-pyrrole nitrogens is 1. The number of hydrogen-bond acceptors (Lipinski definition) is 5. The summed E-state index contributed by atoms with van der Waals surface area (Å²) in [5.74, 6) is 0.0143. The Bertz CT molecular complexity index is 614. The van der Waals surface area contributed by atoms with Crippen molar-refractivity contribution in [1.82, 2.24) is 19.7 Å². The van der Waals surface area contributed by atoms with Crippen molar-refractivity contribution in [3.8, 4) is 0 Å². The number of carbonyl (C=O) groups is 1. The van der Waals surface area contributed by atoms with E-state index in [0.717, 1.165) is 0 Å². The maximum absolute atomic E-state index is 11.8. The highest BCUT2D eigenvalue weighted by Crippen LogP contribution is 2.15. The molecule has 0 bridgehead atoms.